The summed E-state index contributed by atoms with van der Waals surface area (Å²) in [6.07, 6.45) is 6.79. The molecule has 1 fully saturated rings. The molecular weight excluding hydrogens is 403 g/mol. The van der Waals surface area contributed by atoms with Crippen molar-refractivity contribution < 1.29 is 13.2 Å². The van der Waals surface area contributed by atoms with Crippen LogP contribution in [0.4, 0.5) is 19.0 Å². The fraction of sp³-hybridized carbons (Fsp3) is 0.261. The number of halogens is 3. The molecule has 4 aromatic rings. The molecule has 0 unspecified atom stereocenters. The first kappa shape index (κ1) is 19.5. The fourth-order valence-corrected chi connectivity index (χ4v) is 3.74. The minimum absolute atomic E-state index is 0.00685. The van der Waals surface area contributed by atoms with Gasteiger partial charge in [-0.05, 0) is 53.6 Å². The van der Waals surface area contributed by atoms with E-state index in [4.69, 9.17) is 0 Å². The molecule has 0 spiro atoms. The number of pyridine rings is 3. The monoisotopic (exact) mass is 423 g/mol. The second kappa shape index (κ2) is 7.68. The number of aromatic nitrogens is 4. The summed E-state index contributed by atoms with van der Waals surface area (Å²) in [4.78, 5) is 15.9. The zero-order valence-electron chi connectivity index (χ0n) is 16.6. The van der Waals surface area contributed by atoms with E-state index in [0.717, 1.165) is 34.4 Å². The predicted molar refractivity (Wildman–Crippen MR) is 112 cm³/mol. The second-order valence-corrected chi connectivity index (χ2v) is 7.87. The van der Waals surface area contributed by atoms with Crippen molar-refractivity contribution in [1.29, 1.82) is 0 Å². The van der Waals surface area contributed by atoms with Gasteiger partial charge in [-0.1, -0.05) is 6.07 Å². The summed E-state index contributed by atoms with van der Waals surface area (Å²) in [5.41, 5.74) is 3.73. The third-order valence-electron chi connectivity index (χ3n) is 5.57. The quantitative estimate of drug-likeness (QED) is 0.433. The molecule has 4 heterocycles. The zero-order chi connectivity index (χ0) is 21.4. The van der Waals surface area contributed by atoms with Crippen LogP contribution >= 0.6 is 0 Å². The van der Waals surface area contributed by atoms with Crippen LogP contribution < -0.4 is 5.32 Å². The summed E-state index contributed by atoms with van der Waals surface area (Å²) in [5.74, 6) is 1.15. The summed E-state index contributed by atoms with van der Waals surface area (Å²) in [7, 11) is 0. The van der Waals surface area contributed by atoms with Gasteiger partial charge in [-0.2, -0.15) is 13.2 Å². The van der Waals surface area contributed by atoms with E-state index >= 15 is 0 Å². The lowest BCUT2D eigenvalue weighted by molar-refractivity contribution is -0.138. The first-order valence-electron chi connectivity index (χ1n) is 10.1. The van der Waals surface area contributed by atoms with Crippen LogP contribution in [-0.4, -0.2) is 19.9 Å². The van der Waals surface area contributed by atoms with Crippen molar-refractivity contribution in [2.75, 3.05) is 5.32 Å². The Hall–Kier alpha value is -3.42. The Balaban J connectivity index is 1.28. The molecule has 1 aliphatic carbocycles. The maximum absolute atomic E-state index is 13.1. The van der Waals surface area contributed by atoms with Gasteiger partial charge in [0.1, 0.15) is 11.5 Å². The number of nitrogens with zero attached hydrogens (tertiary/aromatic N) is 3. The third-order valence-corrected chi connectivity index (χ3v) is 5.57. The van der Waals surface area contributed by atoms with Crippen LogP contribution in [0, 0.1) is 0 Å². The van der Waals surface area contributed by atoms with Gasteiger partial charge >= 0.3 is 6.18 Å². The molecule has 0 aromatic carbocycles. The number of nitrogens with one attached hydrogen (secondary N) is 2. The van der Waals surface area contributed by atoms with E-state index in [1.165, 1.54) is 24.6 Å². The van der Waals surface area contributed by atoms with E-state index in [1.54, 1.807) is 12.3 Å². The molecule has 8 heteroatoms. The van der Waals surface area contributed by atoms with Crippen molar-refractivity contribution in [3.8, 4) is 0 Å². The maximum Gasteiger partial charge on any atom is 0.416 e. The lowest BCUT2D eigenvalue weighted by Gasteiger charge is -2.13. The van der Waals surface area contributed by atoms with Crippen LogP contribution in [0.2, 0.25) is 0 Å². The van der Waals surface area contributed by atoms with Gasteiger partial charge in [0.25, 0.3) is 0 Å². The Kier molecular flexibility index (Phi) is 4.84. The molecule has 0 amide bonds. The zero-order valence-corrected chi connectivity index (χ0v) is 16.6. The van der Waals surface area contributed by atoms with Crippen molar-refractivity contribution >= 4 is 16.9 Å². The number of aromatic amines is 1. The fourth-order valence-electron chi connectivity index (χ4n) is 3.74. The second-order valence-electron chi connectivity index (χ2n) is 7.87. The van der Waals surface area contributed by atoms with E-state index in [1.807, 2.05) is 18.5 Å². The third kappa shape index (κ3) is 4.23. The molecule has 4 aromatic heterocycles. The van der Waals surface area contributed by atoms with Crippen LogP contribution in [0.5, 0.6) is 0 Å². The summed E-state index contributed by atoms with van der Waals surface area (Å²) >= 11 is 0. The first-order chi connectivity index (χ1) is 15.0. The van der Waals surface area contributed by atoms with Gasteiger partial charge in [0.15, 0.2) is 0 Å². The molecule has 0 aliphatic heterocycles. The molecule has 31 heavy (non-hydrogen) atoms. The highest BCUT2D eigenvalue weighted by atomic mass is 19.4. The van der Waals surface area contributed by atoms with Crippen LogP contribution in [0.1, 0.15) is 46.6 Å². The Morgan fingerprint density at radius 3 is 2.65 bits per heavy atom. The van der Waals surface area contributed by atoms with E-state index in [0.29, 0.717) is 18.2 Å². The lowest BCUT2D eigenvalue weighted by atomic mass is 10.0. The largest absolute Gasteiger partial charge is 0.416 e. The van der Waals surface area contributed by atoms with Gasteiger partial charge in [0.2, 0.25) is 0 Å². The molecule has 0 radical (unpaired) electrons. The number of H-pyrrole nitrogens is 1. The highest BCUT2D eigenvalue weighted by molar-refractivity contribution is 5.80. The van der Waals surface area contributed by atoms with Crippen molar-refractivity contribution in [3.05, 3.63) is 83.1 Å². The van der Waals surface area contributed by atoms with Gasteiger partial charge in [0.05, 0.1) is 5.56 Å². The molecule has 0 atom stereocenters. The summed E-state index contributed by atoms with van der Waals surface area (Å²) in [6, 6.07) is 6.92. The molecule has 1 aliphatic rings. The van der Waals surface area contributed by atoms with Crippen molar-refractivity contribution in [2.24, 2.45) is 0 Å². The summed E-state index contributed by atoms with van der Waals surface area (Å²) in [5, 5.41) is 4.08. The lowest BCUT2D eigenvalue weighted by Crippen LogP contribution is -2.12. The predicted octanol–water partition coefficient (Wildman–Crippen LogP) is 5.45. The molecule has 0 saturated heterocycles. The average Bonchev–Trinajstić information content (AvgIpc) is 3.55. The van der Waals surface area contributed by atoms with E-state index < -0.39 is 11.7 Å². The number of hydrogen-bond donors (Lipinski definition) is 2. The van der Waals surface area contributed by atoms with Gasteiger partial charge in [-0.3, -0.25) is 4.98 Å². The van der Waals surface area contributed by atoms with Gasteiger partial charge in [-0.15, -0.1) is 0 Å². The molecule has 0 bridgehead atoms. The smallest absolute Gasteiger partial charge is 0.366 e. The van der Waals surface area contributed by atoms with Crippen LogP contribution in [0.25, 0.3) is 11.0 Å². The van der Waals surface area contributed by atoms with Crippen LogP contribution in [0.15, 0.2) is 55.2 Å². The van der Waals surface area contributed by atoms with Crippen molar-refractivity contribution in [3.63, 3.8) is 0 Å². The van der Waals surface area contributed by atoms with Crippen molar-refractivity contribution in [1.82, 2.24) is 19.9 Å². The van der Waals surface area contributed by atoms with Crippen molar-refractivity contribution in [2.45, 2.75) is 37.9 Å². The number of hydrogen-bond acceptors (Lipinski definition) is 4. The molecule has 158 valence electrons. The molecule has 5 nitrogen and oxygen atoms in total. The summed E-state index contributed by atoms with van der Waals surface area (Å²) < 4.78 is 39.3. The van der Waals surface area contributed by atoms with Gasteiger partial charge < -0.3 is 10.3 Å². The van der Waals surface area contributed by atoms with Gasteiger partial charge in [-0.25, -0.2) is 9.97 Å². The number of alkyl halides is 3. The van der Waals surface area contributed by atoms with Gasteiger partial charge in [0, 0.05) is 54.9 Å². The minimum Gasteiger partial charge on any atom is -0.366 e. The Morgan fingerprint density at radius 2 is 1.90 bits per heavy atom. The topological polar surface area (TPSA) is 66.5 Å². The maximum atomic E-state index is 13.1. The minimum atomic E-state index is -4.41. The van der Waals surface area contributed by atoms with Crippen LogP contribution in [-0.2, 0) is 19.1 Å². The Bertz CT molecular complexity index is 1210. The van der Waals surface area contributed by atoms with E-state index in [-0.39, 0.29) is 12.1 Å². The highest BCUT2D eigenvalue weighted by Gasteiger charge is 2.33. The van der Waals surface area contributed by atoms with E-state index in [9.17, 15) is 13.2 Å². The SMILES string of the molecule is FC(F)(F)c1ccncc1CNc1ccc(Cc2c[nH]c3ncc(C4CC4)cc23)cn1. The number of fused-ring (bicyclic) bond motifs is 1. The molecule has 2 N–H and O–H groups in total. The number of anilines is 1. The molecule has 1 saturated carbocycles. The normalized spacial score (nSPS) is 14.2. The van der Waals surface area contributed by atoms with Crippen LogP contribution in [0.3, 0.4) is 0 Å². The Labute approximate surface area is 176 Å². The van der Waals surface area contributed by atoms with E-state index in [2.05, 4.69) is 31.3 Å². The molecule has 5 rings (SSSR count). The summed E-state index contributed by atoms with van der Waals surface area (Å²) in [6.45, 7) is -0.00685. The first-order valence-corrected chi connectivity index (χ1v) is 10.1. The number of rotatable bonds is 6. The average molecular weight is 423 g/mol. The molecular formula is C23H20F3N5. The Morgan fingerprint density at radius 1 is 1.03 bits per heavy atom. The standard InChI is InChI=1S/C23H20F3N5/c24-23(25,26)20-5-6-27-10-18(20)13-29-21-4-1-14(9-28-21)7-17-12-31-22-19(17)8-16(11-30-22)15-2-3-15/h1,4-6,8-12,15H,2-3,7,13H2,(H,28,29)(H,30,31). The highest BCUT2D eigenvalue weighted by Crippen LogP contribution is 2.40.